The van der Waals surface area contributed by atoms with Crippen LogP contribution >= 0.6 is 0 Å². The molecule has 3 rings (SSSR count). The topological polar surface area (TPSA) is 50.2 Å². The molecule has 5 nitrogen and oxygen atoms in total. The fourth-order valence-corrected chi connectivity index (χ4v) is 3.75. The number of aromatic nitrogens is 2. The number of amides is 1. The summed E-state index contributed by atoms with van der Waals surface area (Å²) in [7, 11) is 3.70. The largest absolute Gasteiger partial charge is 0.341 e. The Morgan fingerprint density at radius 1 is 1.33 bits per heavy atom. The fourth-order valence-electron chi connectivity index (χ4n) is 3.75. The van der Waals surface area contributed by atoms with Crippen LogP contribution in [0.3, 0.4) is 0 Å². The lowest BCUT2D eigenvalue weighted by atomic mass is 9.81. The van der Waals surface area contributed by atoms with Crippen LogP contribution in [0, 0.1) is 5.92 Å². The van der Waals surface area contributed by atoms with Gasteiger partial charge in [-0.2, -0.15) is 5.10 Å². The Balaban J connectivity index is 1.69. The van der Waals surface area contributed by atoms with Gasteiger partial charge in [-0.25, -0.2) is 0 Å². The molecule has 1 N–H and O–H groups in total. The maximum Gasteiger partial charge on any atom is 0.244 e. The molecule has 1 aliphatic rings. The number of nitrogens with one attached hydrogen (secondary N) is 1. The average molecular weight is 326 g/mol. The quantitative estimate of drug-likeness (QED) is 0.938. The maximum absolute atomic E-state index is 13.0. The second kappa shape index (κ2) is 7.18. The number of aryl methyl sites for hydroxylation is 1. The van der Waals surface area contributed by atoms with Gasteiger partial charge in [0, 0.05) is 31.9 Å². The highest BCUT2D eigenvalue weighted by molar-refractivity contribution is 5.83. The molecule has 128 valence electrons. The Kier molecular flexibility index (Phi) is 5.00. The third-order valence-corrected chi connectivity index (χ3v) is 5.04. The maximum atomic E-state index is 13.0. The van der Waals surface area contributed by atoms with E-state index in [1.165, 1.54) is 5.56 Å². The van der Waals surface area contributed by atoms with Crippen LogP contribution in [0.1, 0.15) is 36.4 Å². The summed E-state index contributed by atoms with van der Waals surface area (Å²) in [6.45, 7) is 3.85. The van der Waals surface area contributed by atoms with Crippen LogP contribution in [-0.4, -0.2) is 40.7 Å². The number of likely N-dealkylation sites (tertiary alicyclic amines) is 1. The van der Waals surface area contributed by atoms with Gasteiger partial charge in [0.05, 0.1) is 6.20 Å². The van der Waals surface area contributed by atoms with Crippen LogP contribution < -0.4 is 5.32 Å². The number of benzene rings is 1. The minimum Gasteiger partial charge on any atom is -0.341 e. The van der Waals surface area contributed by atoms with E-state index < -0.39 is 0 Å². The third kappa shape index (κ3) is 3.36. The Morgan fingerprint density at radius 2 is 2.08 bits per heavy atom. The molecule has 0 saturated carbocycles. The van der Waals surface area contributed by atoms with E-state index in [0.29, 0.717) is 11.8 Å². The molecule has 0 spiro atoms. The zero-order valence-corrected chi connectivity index (χ0v) is 14.6. The monoisotopic (exact) mass is 326 g/mol. The average Bonchev–Trinajstić information content (AvgIpc) is 3.02. The first-order chi connectivity index (χ1) is 11.6. The van der Waals surface area contributed by atoms with Crippen molar-refractivity contribution in [2.75, 3.05) is 20.1 Å². The first-order valence-corrected chi connectivity index (χ1v) is 8.59. The predicted octanol–water partition coefficient (Wildman–Crippen LogP) is 2.33. The van der Waals surface area contributed by atoms with E-state index in [0.717, 1.165) is 25.1 Å². The fraction of sp³-hybridized carbons (Fsp3) is 0.474. The molecule has 2 heterocycles. The molecule has 1 amide bonds. The van der Waals surface area contributed by atoms with Gasteiger partial charge in [-0.3, -0.25) is 9.48 Å². The Bertz CT molecular complexity index is 682. The minimum atomic E-state index is -0.320. The third-order valence-electron chi connectivity index (χ3n) is 5.04. The predicted molar refractivity (Wildman–Crippen MR) is 94.6 cm³/mol. The van der Waals surface area contributed by atoms with Crippen molar-refractivity contribution in [2.45, 2.75) is 25.3 Å². The van der Waals surface area contributed by atoms with Crippen LogP contribution in [-0.2, 0) is 11.8 Å². The molecule has 24 heavy (non-hydrogen) atoms. The van der Waals surface area contributed by atoms with Crippen LogP contribution in [0.15, 0.2) is 42.7 Å². The van der Waals surface area contributed by atoms with Crippen LogP contribution in [0.4, 0.5) is 0 Å². The summed E-state index contributed by atoms with van der Waals surface area (Å²) in [5.41, 5.74) is 2.30. The molecular weight excluding hydrogens is 300 g/mol. The van der Waals surface area contributed by atoms with Crippen molar-refractivity contribution in [2.24, 2.45) is 13.0 Å². The summed E-state index contributed by atoms with van der Waals surface area (Å²) in [6, 6.07) is 10.3. The molecule has 1 aliphatic heterocycles. The van der Waals surface area contributed by atoms with E-state index in [9.17, 15) is 4.79 Å². The Labute approximate surface area is 143 Å². The number of carbonyl (C=O) groups is 1. The van der Waals surface area contributed by atoms with Gasteiger partial charge in [0.1, 0.15) is 6.04 Å². The van der Waals surface area contributed by atoms with Gasteiger partial charge in [0.25, 0.3) is 0 Å². The van der Waals surface area contributed by atoms with Crippen LogP contribution in [0.25, 0.3) is 0 Å². The molecule has 1 aromatic carbocycles. The van der Waals surface area contributed by atoms with Crippen LogP contribution in [0.5, 0.6) is 0 Å². The summed E-state index contributed by atoms with van der Waals surface area (Å²) >= 11 is 0. The number of carbonyl (C=O) groups excluding carboxylic acids is 1. The Hall–Kier alpha value is -2.14. The zero-order valence-electron chi connectivity index (χ0n) is 14.6. The van der Waals surface area contributed by atoms with Crippen molar-refractivity contribution < 1.29 is 4.79 Å². The molecule has 1 aromatic heterocycles. The van der Waals surface area contributed by atoms with E-state index in [4.69, 9.17) is 0 Å². The van der Waals surface area contributed by atoms with Gasteiger partial charge in [-0.1, -0.05) is 37.3 Å². The highest BCUT2D eigenvalue weighted by Crippen LogP contribution is 2.33. The van der Waals surface area contributed by atoms with Crippen molar-refractivity contribution in [3.63, 3.8) is 0 Å². The number of likely N-dealkylation sites (N-methyl/N-ethyl adjacent to an activating group) is 1. The normalized spacial score (nSPS) is 22.4. The van der Waals surface area contributed by atoms with Crippen molar-refractivity contribution in [3.05, 3.63) is 53.9 Å². The molecule has 0 aliphatic carbocycles. The number of hydrogen-bond acceptors (Lipinski definition) is 3. The number of nitrogens with zero attached hydrogens (tertiary/aromatic N) is 3. The van der Waals surface area contributed by atoms with E-state index in [-0.39, 0.29) is 11.9 Å². The van der Waals surface area contributed by atoms with Gasteiger partial charge in [0.2, 0.25) is 5.91 Å². The Morgan fingerprint density at radius 3 is 2.67 bits per heavy atom. The summed E-state index contributed by atoms with van der Waals surface area (Å²) < 4.78 is 1.73. The van der Waals surface area contributed by atoms with Gasteiger partial charge in [-0.05, 0) is 30.9 Å². The summed E-state index contributed by atoms with van der Waals surface area (Å²) in [4.78, 5) is 15.0. The highest BCUT2D eigenvalue weighted by atomic mass is 16.2. The summed E-state index contributed by atoms with van der Waals surface area (Å²) in [5, 5.41) is 7.33. The minimum absolute atomic E-state index is 0.142. The van der Waals surface area contributed by atoms with Crippen molar-refractivity contribution >= 4 is 5.91 Å². The van der Waals surface area contributed by atoms with E-state index in [2.05, 4.69) is 47.7 Å². The van der Waals surface area contributed by atoms with Gasteiger partial charge in [0.15, 0.2) is 0 Å². The highest BCUT2D eigenvalue weighted by Gasteiger charge is 2.33. The lowest BCUT2D eigenvalue weighted by molar-refractivity contribution is -0.135. The van der Waals surface area contributed by atoms with E-state index in [1.54, 1.807) is 10.9 Å². The van der Waals surface area contributed by atoms with E-state index in [1.807, 2.05) is 25.2 Å². The first kappa shape index (κ1) is 16.7. The summed E-state index contributed by atoms with van der Waals surface area (Å²) in [6.07, 6.45) is 4.68. The number of piperidine rings is 1. The molecule has 1 saturated heterocycles. The second-order valence-electron chi connectivity index (χ2n) is 6.74. The molecule has 3 atom stereocenters. The first-order valence-electron chi connectivity index (χ1n) is 8.59. The smallest absolute Gasteiger partial charge is 0.244 e. The van der Waals surface area contributed by atoms with Crippen molar-refractivity contribution in [1.82, 2.24) is 20.0 Å². The molecule has 2 aromatic rings. The molecule has 1 fully saturated rings. The molecule has 3 unspecified atom stereocenters. The van der Waals surface area contributed by atoms with Crippen molar-refractivity contribution in [1.29, 1.82) is 0 Å². The SMILES string of the molecule is CNC(C(=O)N1CCC(c2ccccc2)C(C)C1)c1cnn(C)c1. The zero-order chi connectivity index (χ0) is 17.1. The lowest BCUT2D eigenvalue weighted by Gasteiger charge is -2.38. The molecule has 0 radical (unpaired) electrons. The standard InChI is InChI=1S/C19H26N4O/c1-14-12-23(10-9-17(14)15-7-5-4-6-8-15)19(24)18(20-2)16-11-21-22(3)13-16/h4-8,11,13-14,17-18,20H,9-10,12H2,1-3H3. The van der Waals surface area contributed by atoms with Gasteiger partial charge >= 0.3 is 0 Å². The van der Waals surface area contributed by atoms with Gasteiger partial charge < -0.3 is 10.2 Å². The van der Waals surface area contributed by atoms with Crippen molar-refractivity contribution in [3.8, 4) is 0 Å². The lowest BCUT2D eigenvalue weighted by Crippen LogP contribution is -2.46. The van der Waals surface area contributed by atoms with Gasteiger partial charge in [-0.15, -0.1) is 0 Å². The summed E-state index contributed by atoms with van der Waals surface area (Å²) in [5.74, 6) is 1.13. The number of rotatable bonds is 4. The molecule has 5 heteroatoms. The van der Waals surface area contributed by atoms with E-state index >= 15 is 0 Å². The number of hydrogen-bond donors (Lipinski definition) is 1. The van der Waals surface area contributed by atoms with Crippen LogP contribution in [0.2, 0.25) is 0 Å². The molecular formula is C19H26N4O. The molecule has 0 bridgehead atoms. The second-order valence-corrected chi connectivity index (χ2v) is 6.74.